The number of hydrogen-bond acceptors (Lipinski definition) is 3. The molecule has 0 bridgehead atoms. The first-order valence-electron chi connectivity index (χ1n) is 6.69. The van der Waals surface area contributed by atoms with Gasteiger partial charge in [-0.15, -0.1) is 0 Å². The van der Waals surface area contributed by atoms with Crippen LogP contribution in [-0.4, -0.2) is 30.8 Å². The molecule has 112 valence electrons. The second-order valence-corrected chi connectivity index (χ2v) is 5.47. The van der Waals surface area contributed by atoms with E-state index in [-0.39, 0.29) is 36.8 Å². The summed E-state index contributed by atoms with van der Waals surface area (Å²) >= 11 is 0. The Labute approximate surface area is 119 Å². The van der Waals surface area contributed by atoms with E-state index in [1.807, 2.05) is 13.8 Å². The summed E-state index contributed by atoms with van der Waals surface area (Å²) < 4.78 is 18.0. The fraction of sp³-hybridized carbons (Fsp3) is 0.533. The Morgan fingerprint density at radius 2 is 2.00 bits per heavy atom. The highest BCUT2D eigenvalue weighted by Gasteiger charge is 2.17. The summed E-state index contributed by atoms with van der Waals surface area (Å²) in [6.07, 6.45) is 0.881. The van der Waals surface area contributed by atoms with Gasteiger partial charge in [-0.2, -0.15) is 0 Å². The molecule has 0 atom stereocenters. The molecule has 0 heterocycles. The summed E-state index contributed by atoms with van der Waals surface area (Å²) in [6, 6.07) is 5.68. The van der Waals surface area contributed by atoms with Crippen molar-refractivity contribution in [2.45, 2.75) is 26.7 Å². The summed E-state index contributed by atoms with van der Waals surface area (Å²) in [6.45, 7) is 4.84. The minimum Gasteiger partial charge on any atom is -0.493 e. The third-order valence-electron chi connectivity index (χ3n) is 2.96. The van der Waals surface area contributed by atoms with E-state index in [9.17, 15) is 9.18 Å². The molecule has 0 saturated carbocycles. The van der Waals surface area contributed by atoms with Crippen LogP contribution in [0.5, 0.6) is 5.75 Å². The van der Waals surface area contributed by atoms with Gasteiger partial charge in [0, 0.05) is 13.2 Å². The van der Waals surface area contributed by atoms with E-state index < -0.39 is 0 Å². The standard InChI is InChI=1S/C15H22FNO3/c1-15(2,8-9-18)11-17-14(19)7-10-20-13-5-3-12(16)4-6-13/h3-6,18H,7-11H2,1-2H3,(H,17,19). The minimum atomic E-state index is -0.318. The molecule has 4 nitrogen and oxygen atoms in total. The molecule has 2 N–H and O–H groups in total. The van der Waals surface area contributed by atoms with Gasteiger partial charge < -0.3 is 15.2 Å². The summed E-state index contributed by atoms with van der Waals surface area (Å²) in [5.41, 5.74) is -0.123. The van der Waals surface area contributed by atoms with Gasteiger partial charge in [-0.25, -0.2) is 4.39 Å². The van der Waals surface area contributed by atoms with Crippen LogP contribution in [0.1, 0.15) is 26.7 Å². The van der Waals surface area contributed by atoms with E-state index in [4.69, 9.17) is 9.84 Å². The van der Waals surface area contributed by atoms with Crippen LogP contribution < -0.4 is 10.1 Å². The van der Waals surface area contributed by atoms with E-state index in [0.717, 1.165) is 0 Å². The van der Waals surface area contributed by atoms with Crippen molar-refractivity contribution in [3.8, 4) is 5.75 Å². The molecule has 1 aromatic carbocycles. The number of rotatable bonds is 8. The van der Waals surface area contributed by atoms with Crippen LogP contribution in [0, 0.1) is 11.2 Å². The number of amides is 1. The molecule has 1 rings (SSSR count). The molecule has 0 aliphatic carbocycles. The van der Waals surface area contributed by atoms with Crippen LogP contribution in [0.2, 0.25) is 0 Å². The van der Waals surface area contributed by atoms with Crippen LogP contribution in [0.15, 0.2) is 24.3 Å². The molecule has 5 heteroatoms. The Morgan fingerprint density at radius 3 is 2.60 bits per heavy atom. The molecule has 0 unspecified atom stereocenters. The number of carbonyl (C=O) groups is 1. The van der Waals surface area contributed by atoms with Crippen molar-refractivity contribution in [1.29, 1.82) is 0 Å². The second-order valence-electron chi connectivity index (χ2n) is 5.47. The first-order chi connectivity index (χ1) is 9.43. The Balaban J connectivity index is 2.22. The minimum absolute atomic E-state index is 0.0990. The molecule has 1 aromatic rings. The number of benzene rings is 1. The summed E-state index contributed by atoms with van der Waals surface area (Å²) in [5, 5.41) is 11.7. The lowest BCUT2D eigenvalue weighted by Gasteiger charge is -2.23. The monoisotopic (exact) mass is 283 g/mol. The van der Waals surface area contributed by atoms with Crippen molar-refractivity contribution in [3.05, 3.63) is 30.1 Å². The van der Waals surface area contributed by atoms with Crippen LogP contribution in [-0.2, 0) is 4.79 Å². The molecular weight excluding hydrogens is 261 g/mol. The van der Waals surface area contributed by atoms with Gasteiger partial charge in [-0.1, -0.05) is 13.8 Å². The van der Waals surface area contributed by atoms with Crippen molar-refractivity contribution < 1.29 is 19.0 Å². The molecule has 0 fully saturated rings. The van der Waals surface area contributed by atoms with E-state index in [2.05, 4.69) is 5.32 Å². The highest BCUT2D eigenvalue weighted by molar-refractivity contribution is 5.76. The number of ether oxygens (including phenoxy) is 1. The molecule has 0 aliphatic rings. The summed E-state index contributed by atoms with van der Waals surface area (Å²) in [5.74, 6) is 0.124. The molecule has 0 spiro atoms. The van der Waals surface area contributed by atoms with Crippen molar-refractivity contribution >= 4 is 5.91 Å². The number of aliphatic hydroxyl groups is 1. The van der Waals surface area contributed by atoms with Gasteiger partial charge in [0.25, 0.3) is 0 Å². The van der Waals surface area contributed by atoms with E-state index in [1.165, 1.54) is 24.3 Å². The van der Waals surface area contributed by atoms with Crippen molar-refractivity contribution in [2.75, 3.05) is 19.8 Å². The molecule has 0 saturated heterocycles. The normalized spacial score (nSPS) is 11.2. The number of carbonyl (C=O) groups excluding carboxylic acids is 1. The highest BCUT2D eigenvalue weighted by atomic mass is 19.1. The SMILES string of the molecule is CC(C)(CCO)CNC(=O)CCOc1ccc(F)cc1. The van der Waals surface area contributed by atoms with Crippen LogP contribution in [0.4, 0.5) is 4.39 Å². The quantitative estimate of drug-likeness (QED) is 0.768. The second kappa shape index (κ2) is 7.85. The Bertz CT molecular complexity index is 418. The number of hydrogen-bond donors (Lipinski definition) is 2. The average Bonchev–Trinajstić information content (AvgIpc) is 2.39. The number of halogens is 1. The van der Waals surface area contributed by atoms with E-state index >= 15 is 0 Å². The molecular formula is C15H22FNO3. The van der Waals surface area contributed by atoms with Gasteiger partial charge in [0.2, 0.25) is 5.91 Å². The summed E-state index contributed by atoms with van der Waals surface area (Å²) in [7, 11) is 0. The Morgan fingerprint density at radius 1 is 1.35 bits per heavy atom. The lowest BCUT2D eigenvalue weighted by molar-refractivity contribution is -0.122. The largest absolute Gasteiger partial charge is 0.493 e. The van der Waals surface area contributed by atoms with Crippen LogP contribution >= 0.6 is 0 Å². The number of nitrogens with one attached hydrogen (secondary N) is 1. The predicted octanol–water partition coefficient (Wildman–Crippen LogP) is 2.12. The third-order valence-corrected chi connectivity index (χ3v) is 2.96. The first-order valence-corrected chi connectivity index (χ1v) is 6.69. The van der Waals surface area contributed by atoms with Crippen molar-refractivity contribution in [1.82, 2.24) is 5.32 Å². The van der Waals surface area contributed by atoms with Gasteiger partial charge in [-0.3, -0.25) is 4.79 Å². The average molecular weight is 283 g/mol. The smallest absolute Gasteiger partial charge is 0.223 e. The van der Waals surface area contributed by atoms with Crippen LogP contribution in [0.3, 0.4) is 0 Å². The maximum Gasteiger partial charge on any atom is 0.223 e. The molecule has 0 aliphatic heterocycles. The zero-order valence-corrected chi connectivity index (χ0v) is 12.0. The first kappa shape index (κ1) is 16.4. The van der Waals surface area contributed by atoms with Crippen molar-refractivity contribution in [2.24, 2.45) is 5.41 Å². The third kappa shape index (κ3) is 6.52. The summed E-state index contributed by atoms with van der Waals surface area (Å²) in [4.78, 5) is 11.6. The zero-order chi connectivity index (χ0) is 15.0. The van der Waals surface area contributed by atoms with Gasteiger partial charge >= 0.3 is 0 Å². The predicted molar refractivity (Wildman–Crippen MR) is 75.0 cm³/mol. The molecule has 20 heavy (non-hydrogen) atoms. The molecule has 0 radical (unpaired) electrons. The molecule has 0 aromatic heterocycles. The topological polar surface area (TPSA) is 58.6 Å². The Hall–Kier alpha value is -1.62. The van der Waals surface area contributed by atoms with Gasteiger partial charge in [0.05, 0.1) is 13.0 Å². The number of aliphatic hydroxyl groups excluding tert-OH is 1. The highest BCUT2D eigenvalue weighted by Crippen LogP contribution is 2.18. The lowest BCUT2D eigenvalue weighted by Crippen LogP contribution is -2.35. The van der Waals surface area contributed by atoms with Gasteiger partial charge in [0.15, 0.2) is 0 Å². The van der Waals surface area contributed by atoms with Crippen molar-refractivity contribution in [3.63, 3.8) is 0 Å². The van der Waals surface area contributed by atoms with E-state index in [1.54, 1.807) is 0 Å². The maximum absolute atomic E-state index is 12.7. The van der Waals surface area contributed by atoms with Crippen LogP contribution in [0.25, 0.3) is 0 Å². The Kier molecular flexibility index (Phi) is 6.45. The zero-order valence-electron chi connectivity index (χ0n) is 12.0. The molecule has 1 amide bonds. The lowest BCUT2D eigenvalue weighted by atomic mass is 9.90. The fourth-order valence-electron chi connectivity index (χ4n) is 1.61. The fourth-order valence-corrected chi connectivity index (χ4v) is 1.61. The van der Waals surface area contributed by atoms with Gasteiger partial charge in [-0.05, 0) is 36.1 Å². The maximum atomic E-state index is 12.7. The van der Waals surface area contributed by atoms with Gasteiger partial charge in [0.1, 0.15) is 11.6 Å². The van der Waals surface area contributed by atoms with E-state index in [0.29, 0.717) is 18.7 Å².